The topological polar surface area (TPSA) is 81.4 Å². The van der Waals surface area contributed by atoms with E-state index in [2.05, 4.69) is 17.4 Å². The number of aromatic nitrogens is 1. The highest BCUT2D eigenvalue weighted by Gasteiger charge is 2.24. The molecule has 1 atom stereocenters. The van der Waals surface area contributed by atoms with E-state index in [0.29, 0.717) is 17.1 Å². The summed E-state index contributed by atoms with van der Waals surface area (Å²) in [6, 6.07) is 7.52. The lowest BCUT2D eigenvalue weighted by Gasteiger charge is -2.13. The van der Waals surface area contributed by atoms with Gasteiger partial charge in [0.1, 0.15) is 11.3 Å². The van der Waals surface area contributed by atoms with Crippen molar-refractivity contribution in [1.29, 1.82) is 0 Å². The number of carbonyl (C=O) groups is 2. The fourth-order valence-corrected chi connectivity index (χ4v) is 2.12. The van der Waals surface area contributed by atoms with Gasteiger partial charge in [0.15, 0.2) is 6.10 Å². The van der Waals surface area contributed by atoms with Crippen molar-refractivity contribution >= 4 is 17.6 Å². The summed E-state index contributed by atoms with van der Waals surface area (Å²) in [6.45, 7) is 6.85. The molecule has 0 saturated heterocycles. The maximum atomic E-state index is 12.1. The number of amides is 1. The van der Waals surface area contributed by atoms with Crippen LogP contribution in [0.25, 0.3) is 0 Å². The Labute approximate surface area is 134 Å². The van der Waals surface area contributed by atoms with Crippen LogP contribution in [0.3, 0.4) is 0 Å². The molecule has 1 aromatic heterocycles. The van der Waals surface area contributed by atoms with Gasteiger partial charge in [0.05, 0.1) is 5.69 Å². The minimum Gasteiger partial charge on any atom is -0.449 e. The zero-order valence-electron chi connectivity index (χ0n) is 13.7. The third kappa shape index (κ3) is 3.97. The fraction of sp³-hybridized carbons (Fsp3) is 0.353. The number of ether oxygens (including phenoxy) is 1. The lowest BCUT2D eigenvalue weighted by atomic mass is 10.1. The van der Waals surface area contributed by atoms with Crippen LogP contribution in [0, 0.1) is 13.8 Å². The van der Waals surface area contributed by atoms with E-state index in [-0.39, 0.29) is 5.56 Å². The number of nitrogens with zero attached hydrogens (tertiary/aromatic N) is 1. The second kappa shape index (κ2) is 7.09. The minimum atomic E-state index is -0.929. The number of hydrogen-bond acceptors (Lipinski definition) is 5. The van der Waals surface area contributed by atoms with Crippen LogP contribution in [0.5, 0.6) is 0 Å². The van der Waals surface area contributed by atoms with Crippen molar-refractivity contribution in [3.8, 4) is 0 Å². The van der Waals surface area contributed by atoms with E-state index in [9.17, 15) is 9.59 Å². The average Bonchev–Trinajstić information content (AvgIpc) is 2.86. The highest BCUT2D eigenvalue weighted by atomic mass is 16.5. The van der Waals surface area contributed by atoms with E-state index in [0.717, 1.165) is 6.42 Å². The average molecular weight is 316 g/mol. The SMILES string of the molecule is CCc1ccc(NC(=O)[C@H](C)OC(=O)c2c(C)noc2C)cc1. The Hall–Kier alpha value is -2.63. The predicted octanol–water partition coefficient (Wildman–Crippen LogP) is 3.04. The molecule has 23 heavy (non-hydrogen) atoms. The molecule has 1 N–H and O–H groups in total. The van der Waals surface area contributed by atoms with E-state index in [4.69, 9.17) is 9.26 Å². The number of benzene rings is 1. The number of aryl methyl sites for hydroxylation is 3. The molecule has 0 spiro atoms. The van der Waals surface area contributed by atoms with Crippen molar-refractivity contribution in [1.82, 2.24) is 5.16 Å². The Morgan fingerprint density at radius 2 is 1.91 bits per heavy atom. The summed E-state index contributed by atoms with van der Waals surface area (Å²) < 4.78 is 10.1. The van der Waals surface area contributed by atoms with Crippen LogP contribution in [0.2, 0.25) is 0 Å². The Balaban J connectivity index is 1.98. The van der Waals surface area contributed by atoms with Crippen LogP contribution in [0.4, 0.5) is 5.69 Å². The molecule has 0 radical (unpaired) electrons. The third-order valence-electron chi connectivity index (χ3n) is 3.52. The van der Waals surface area contributed by atoms with Crippen LogP contribution >= 0.6 is 0 Å². The highest BCUT2D eigenvalue weighted by Crippen LogP contribution is 2.15. The molecule has 122 valence electrons. The third-order valence-corrected chi connectivity index (χ3v) is 3.52. The Bertz CT molecular complexity index is 684. The number of rotatable bonds is 5. The van der Waals surface area contributed by atoms with Crippen molar-refractivity contribution in [2.75, 3.05) is 5.32 Å². The molecule has 2 aromatic rings. The van der Waals surface area contributed by atoms with E-state index in [1.54, 1.807) is 13.8 Å². The van der Waals surface area contributed by atoms with Crippen molar-refractivity contribution in [2.24, 2.45) is 0 Å². The van der Waals surface area contributed by atoms with Crippen LogP contribution < -0.4 is 5.32 Å². The molecule has 0 fully saturated rings. The first-order valence-electron chi connectivity index (χ1n) is 7.46. The zero-order chi connectivity index (χ0) is 17.0. The van der Waals surface area contributed by atoms with E-state index >= 15 is 0 Å². The number of esters is 1. The monoisotopic (exact) mass is 316 g/mol. The van der Waals surface area contributed by atoms with Crippen LogP contribution in [0.15, 0.2) is 28.8 Å². The van der Waals surface area contributed by atoms with Gasteiger partial charge in [0.25, 0.3) is 5.91 Å². The zero-order valence-corrected chi connectivity index (χ0v) is 13.7. The molecule has 0 saturated carbocycles. The molecule has 1 heterocycles. The van der Waals surface area contributed by atoms with E-state index in [1.807, 2.05) is 24.3 Å². The summed E-state index contributed by atoms with van der Waals surface area (Å²) in [6.07, 6.45) is 0.00158. The number of carbonyl (C=O) groups excluding carboxylic acids is 2. The molecule has 0 aliphatic heterocycles. The van der Waals surface area contributed by atoms with Gasteiger partial charge in [0.2, 0.25) is 0 Å². The molecular weight excluding hydrogens is 296 g/mol. The van der Waals surface area contributed by atoms with Crippen molar-refractivity contribution in [2.45, 2.75) is 40.2 Å². The summed E-state index contributed by atoms with van der Waals surface area (Å²) in [5.41, 5.74) is 2.54. The molecule has 0 bridgehead atoms. The highest BCUT2D eigenvalue weighted by molar-refractivity contribution is 5.97. The molecule has 0 unspecified atom stereocenters. The number of anilines is 1. The quantitative estimate of drug-likeness (QED) is 0.857. The Morgan fingerprint density at radius 3 is 2.43 bits per heavy atom. The smallest absolute Gasteiger partial charge is 0.344 e. The normalized spacial score (nSPS) is 11.8. The summed E-state index contributed by atoms with van der Waals surface area (Å²) in [4.78, 5) is 24.2. The Kier molecular flexibility index (Phi) is 5.16. The molecule has 6 nitrogen and oxygen atoms in total. The fourth-order valence-electron chi connectivity index (χ4n) is 2.12. The molecule has 0 aliphatic rings. The largest absolute Gasteiger partial charge is 0.449 e. The van der Waals surface area contributed by atoms with Gasteiger partial charge in [-0.1, -0.05) is 24.2 Å². The van der Waals surface area contributed by atoms with E-state index < -0.39 is 18.0 Å². The van der Waals surface area contributed by atoms with Gasteiger partial charge in [0, 0.05) is 5.69 Å². The lowest BCUT2D eigenvalue weighted by molar-refractivity contribution is -0.123. The molecular formula is C17H20N2O4. The summed E-state index contributed by atoms with van der Waals surface area (Å²) in [5, 5.41) is 6.41. The number of hydrogen-bond donors (Lipinski definition) is 1. The molecule has 0 aliphatic carbocycles. The van der Waals surface area contributed by atoms with Crippen molar-refractivity contribution < 1.29 is 18.8 Å². The van der Waals surface area contributed by atoms with Crippen molar-refractivity contribution in [3.05, 3.63) is 46.8 Å². The van der Waals surface area contributed by atoms with Crippen LogP contribution in [-0.4, -0.2) is 23.1 Å². The number of nitrogens with one attached hydrogen (secondary N) is 1. The molecule has 1 aromatic carbocycles. The summed E-state index contributed by atoms with van der Waals surface area (Å²) >= 11 is 0. The Morgan fingerprint density at radius 1 is 1.26 bits per heavy atom. The van der Waals surface area contributed by atoms with Gasteiger partial charge < -0.3 is 14.6 Å². The van der Waals surface area contributed by atoms with Crippen LogP contribution in [-0.2, 0) is 16.0 Å². The first-order chi connectivity index (χ1) is 10.9. The minimum absolute atomic E-state index is 0.261. The van der Waals surface area contributed by atoms with Gasteiger partial charge in [-0.2, -0.15) is 0 Å². The standard InChI is InChI=1S/C17H20N2O4/c1-5-13-6-8-14(9-7-13)18-16(20)12(4)22-17(21)15-10(2)19-23-11(15)3/h6-9,12H,5H2,1-4H3,(H,18,20)/t12-/m0/s1. The van der Waals surface area contributed by atoms with Gasteiger partial charge >= 0.3 is 5.97 Å². The molecule has 1 amide bonds. The first-order valence-corrected chi connectivity index (χ1v) is 7.46. The second-order valence-corrected chi connectivity index (χ2v) is 5.29. The predicted molar refractivity (Wildman–Crippen MR) is 85.3 cm³/mol. The molecule has 2 rings (SSSR count). The van der Waals surface area contributed by atoms with E-state index in [1.165, 1.54) is 12.5 Å². The van der Waals surface area contributed by atoms with Gasteiger partial charge in [-0.3, -0.25) is 4.79 Å². The summed E-state index contributed by atoms with van der Waals surface area (Å²) in [7, 11) is 0. The molecule has 6 heteroatoms. The summed E-state index contributed by atoms with van der Waals surface area (Å²) in [5.74, 6) is -0.644. The lowest BCUT2D eigenvalue weighted by Crippen LogP contribution is -2.30. The van der Waals surface area contributed by atoms with Crippen LogP contribution in [0.1, 0.15) is 41.2 Å². The van der Waals surface area contributed by atoms with Gasteiger partial charge in [-0.05, 0) is 44.9 Å². The maximum absolute atomic E-state index is 12.1. The van der Waals surface area contributed by atoms with Crippen molar-refractivity contribution in [3.63, 3.8) is 0 Å². The second-order valence-electron chi connectivity index (χ2n) is 5.29. The first kappa shape index (κ1) is 16.7. The van der Waals surface area contributed by atoms with Gasteiger partial charge in [-0.15, -0.1) is 0 Å². The van der Waals surface area contributed by atoms with Gasteiger partial charge in [-0.25, -0.2) is 4.79 Å². The maximum Gasteiger partial charge on any atom is 0.344 e.